The van der Waals surface area contributed by atoms with Gasteiger partial charge in [-0.2, -0.15) is 0 Å². The van der Waals surface area contributed by atoms with Gasteiger partial charge in [-0.25, -0.2) is 0 Å². The summed E-state index contributed by atoms with van der Waals surface area (Å²) in [5.41, 5.74) is 2.88. The molecule has 3 aromatic carbocycles. The molecule has 1 amide bonds. The average Bonchev–Trinajstić information content (AvgIpc) is 2.79. The van der Waals surface area contributed by atoms with Gasteiger partial charge in [0.2, 0.25) is 0 Å². The third-order valence-corrected chi connectivity index (χ3v) is 5.19. The number of amides is 1. The first-order valence-electron chi connectivity index (χ1n) is 9.66. The van der Waals surface area contributed by atoms with Gasteiger partial charge in [0.1, 0.15) is 17.1 Å². The second-order valence-electron chi connectivity index (χ2n) is 7.07. The summed E-state index contributed by atoms with van der Waals surface area (Å²) in [6.07, 6.45) is 0. The van der Waals surface area contributed by atoms with Gasteiger partial charge in [0, 0.05) is 16.8 Å². The van der Waals surface area contributed by atoms with E-state index in [4.69, 9.17) is 4.74 Å². The normalized spacial score (nSPS) is 12.4. The van der Waals surface area contributed by atoms with Crippen molar-refractivity contribution in [3.63, 3.8) is 0 Å². The Morgan fingerprint density at radius 1 is 0.767 bits per heavy atom. The number of carbonyl (C=O) groups is 1. The van der Waals surface area contributed by atoms with Crippen molar-refractivity contribution in [2.75, 3.05) is 0 Å². The lowest BCUT2D eigenvalue weighted by molar-refractivity contribution is 0.0940. The Labute approximate surface area is 173 Å². The van der Waals surface area contributed by atoms with Crippen molar-refractivity contribution in [1.82, 2.24) is 10.3 Å². The fourth-order valence-corrected chi connectivity index (χ4v) is 3.71. The largest absolute Gasteiger partial charge is 0.457 e. The van der Waals surface area contributed by atoms with Crippen LogP contribution in [0, 0.1) is 0 Å². The number of benzene rings is 3. The molecule has 30 heavy (non-hydrogen) atoms. The summed E-state index contributed by atoms with van der Waals surface area (Å²) in [6, 6.07) is 27.6. The first-order chi connectivity index (χ1) is 14.7. The van der Waals surface area contributed by atoms with Crippen LogP contribution in [-0.2, 0) is 0 Å². The van der Waals surface area contributed by atoms with Crippen molar-refractivity contribution in [3.8, 4) is 22.8 Å². The van der Waals surface area contributed by atoms with Gasteiger partial charge in [0.15, 0.2) is 0 Å². The quantitative estimate of drug-likeness (QED) is 0.531. The molecule has 0 aliphatic carbocycles. The molecule has 0 fully saturated rings. The highest BCUT2D eigenvalue weighted by atomic mass is 16.5. The van der Waals surface area contributed by atoms with Gasteiger partial charge in [-0.3, -0.25) is 9.59 Å². The van der Waals surface area contributed by atoms with E-state index in [1.54, 1.807) is 12.1 Å². The van der Waals surface area contributed by atoms with Crippen molar-refractivity contribution >= 4 is 5.91 Å². The molecule has 2 N–H and O–H groups in total. The third-order valence-electron chi connectivity index (χ3n) is 5.19. The Balaban J connectivity index is 1.49. The van der Waals surface area contributed by atoms with E-state index in [0.717, 1.165) is 16.7 Å². The van der Waals surface area contributed by atoms with E-state index >= 15 is 0 Å². The minimum Gasteiger partial charge on any atom is -0.457 e. The molecule has 1 aliphatic heterocycles. The maximum atomic E-state index is 13.0. The van der Waals surface area contributed by atoms with Crippen LogP contribution in [0.15, 0.2) is 95.8 Å². The number of aromatic amines is 1. The number of rotatable bonds is 3. The molecule has 5 rings (SSSR count). The molecule has 0 saturated heterocycles. The lowest BCUT2D eigenvalue weighted by Gasteiger charge is -2.28. The van der Waals surface area contributed by atoms with Crippen LogP contribution >= 0.6 is 0 Å². The molecule has 146 valence electrons. The number of H-pyrrole nitrogens is 1. The van der Waals surface area contributed by atoms with Gasteiger partial charge in [-0.1, -0.05) is 66.7 Å². The van der Waals surface area contributed by atoms with E-state index < -0.39 is 17.5 Å². The zero-order valence-electron chi connectivity index (χ0n) is 16.0. The predicted octanol–water partition coefficient (Wildman–Crippen LogP) is 4.67. The highest BCUT2D eigenvalue weighted by Crippen LogP contribution is 2.42. The molecule has 0 unspecified atom stereocenters. The fraction of sp³-hybridized carbons (Fsp3) is 0.0400. The summed E-state index contributed by atoms with van der Waals surface area (Å²) in [5, 5.41) is 3.01. The van der Waals surface area contributed by atoms with Crippen LogP contribution in [0.3, 0.4) is 0 Å². The number of para-hydroxylation sites is 2. The maximum absolute atomic E-state index is 13.0. The smallest absolute Gasteiger partial charge is 0.261 e. The number of ether oxygens (including phenoxy) is 1. The fourth-order valence-electron chi connectivity index (χ4n) is 3.71. The van der Waals surface area contributed by atoms with Crippen LogP contribution in [0.4, 0.5) is 0 Å². The Morgan fingerprint density at radius 3 is 2.00 bits per heavy atom. The molecular weight excluding hydrogens is 376 g/mol. The minimum atomic E-state index is -0.438. The highest BCUT2D eigenvalue weighted by Gasteiger charge is 2.28. The van der Waals surface area contributed by atoms with Gasteiger partial charge in [0.25, 0.3) is 11.5 Å². The summed E-state index contributed by atoms with van der Waals surface area (Å²) >= 11 is 0. The monoisotopic (exact) mass is 394 g/mol. The number of pyridine rings is 1. The summed E-state index contributed by atoms with van der Waals surface area (Å²) in [4.78, 5) is 28.5. The summed E-state index contributed by atoms with van der Waals surface area (Å²) in [7, 11) is 0. The van der Waals surface area contributed by atoms with Gasteiger partial charge >= 0.3 is 0 Å². The minimum absolute atomic E-state index is 0.0659. The lowest BCUT2D eigenvalue weighted by Crippen LogP contribution is -2.34. The molecule has 2 heterocycles. The van der Waals surface area contributed by atoms with Crippen LogP contribution in [0.5, 0.6) is 11.5 Å². The van der Waals surface area contributed by atoms with E-state index in [0.29, 0.717) is 17.2 Å². The number of hydrogen-bond acceptors (Lipinski definition) is 3. The van der Waals surface area contributed by atoms with E-state index in [9.17, 15) is 9.59 Å². The maximum Gasteiger partial charge on any atom is 0.261 e. The number of fused-ring (bicyclic) bond motifs is 2. The molecule has 1 aromatic heterocycles. The molecule has 0 atom stereocenters. The zero-order chi connectivity index (χ0) is 20.5. The number of aromatic nitrogens is 1. The number of nitrogens with one attached hydrogen (secondary N) is 2. The highest BCUT2D eigenvalue weighted by molar-refractivity contribution is 5.94. The summed E-state index contributed by atoms with van der Waals surface area (Å²) in [5.74, 6) is 0.942. The van der Waals surface area contributed by atoms with E-state index in [-0.39, 0.29) is 5.56 Å². The Morgan fingerprint density at radius 2 is 1.37 bits per heavy atom. The van der Waals surface area contributed by atoms with E-state index in [1.165, 1.54) is 0 Å². The molecule has 0 radical (unpaired) electrons. The molecule has 0 bridgehead atoms. The molecule has 0 spiro atoms. The predicted molar refractivity (Wildman–Crippen MR) is 115 cm³/mol. The van der Waals surface area contributed by atoms with Crippen LogP contribution < -0.4 is 15.6 Å². The van der Waals surface area contributed by atoms with Crippen molar-refractivity contribution in [3.05, 3.63) is 118 Å². The van der Waals surface area contributed by atoms with E-state index in [2.05, 4.69) is 10.3 Å². The number of carbonyl (C=O) groups excluding carboxylic acids is 1. The molecule has 4 aromatic rings. The van der Waals surface area contributed by atoms with Gasteiger partial charge in [0.05, 0.1) is 6.04 Å². The third kappa shape index (κ3) is 3.16. The SMILES string of the molecule is O=C(NC1c2ccccc2Oc2ccccc21)c1ccc(-c2ccccc2)[nH]c1=O. The van der Waals surface area contributed by atoms with E-state index in [1.807, 2.05) is 78.9 Å². The summed E-state index contributed by atoms with van der Waals surface area (Å²) in [6.45, 7) is 0. The molecule has 5 nitrogen and oxygen atoms in total. The Kier molecular flexibility index (Phi) is 4.41. The van der Waals surface area contributed by atoms with Crippen LogP contribution in [0.2, 0.25) is 0 Å². The second kappa shape index (κ2) is 7.37. The standard InChI is InChI=1S/C25H18N2O3/c28-24-19(14-15-20(26-24)16-8-2-1-3-9-16)25(29)27-23-17-10-4-6-12-21(17)30-22-13-7-5-11-18(22)23/h1-15,23H,(H,26,28)(H,27,29). The number of hydrogen-bond donors (Lipinski definition) is 2. The van der Waals surface area contributed by atoms with Crippen molar-refractivity contribution < 1.29 is 9.53 Å². The Bertz CT molecular complexity index is 1250. The molecular formula is C25H18N2O3. The zero-order valence-corrected chi connectivity index (χ0v) is 16.0. The summed E-state index contributed by atoms with van der Waals surface area (Å²) < 4.78 is 5.96. The molecule has 5 heteroatoms. The first kappa shape index (κ1) is 17.9. The average molecular weight is 394 g/mol. The first-order valence-corrected chi connectivity index (χ1v) is 9.66. The van der Waals surface area contributed by atoms with Crippen LogP contribution in [0.25, 0.3) is 11.3 Å². The van der Waals surface area contributed by atoms with Crippen molar-refractivity contribution in [2.45, 2.75) is 6.04 Å². The van der Waals surface area contributed by atoms with Crippen molar-refractivity contribution in [1.29, 1.82) is 0 Å². The van der Waals surface area contributed by atoms with Gasteiger partial charge < -0.3 is 15.0 Å². The molecule has 1 aliphatic rings. The lowest BCUT2D eigenvalue weighted by atomic mass is 9.94. The molecule has 0 saturated carbocycles. The second-order valence-corrected chi connectivity index (χ2v) is 7.07. The topological polar surface area (TPSA) is 71.2 Å². The van der Waals surface area contributed by atoms with Crippen molar-refractivity contribution in [2.24, 2.45) is 0 Å². The Hall–Kier alpha value is -4.12. The van der Waals surface area contributed by atoms with Gasteiger partial charge in [-0.05, 0) is 29.8 Å². The van der Waals surface area contributed by atoms with Crippen LogP contribution in [0.1, 0.15) is 27.5 Å². The van der Waals surface area contributed by atoms with Crippen LogP contribution in [-0.4, -0.2) is 10.9 Å². The van der Waals surface area contributed by atoms with Gasteiger partial charge in [-0.15, -0.1) is 0 Å².